The van der Waals surface area contributed by atoms with Gasteiger partial charge in [0.05, 0.1) is 0 Å². The number of aryl methyl sites for hydroxylation is 1. The second kappa shape index (κ2) is 6.55. The first kappa shape index (κ1) is 13.8. The van der Waals surface area contributed by atoms with Crippen LogP contribution >= 0.6 is 0 Å². The number of fused-ring (bicyclic) bond motifs is 1. The summed E-state index contributed by atoms with van der Waals surface area (Å²) in [6.45, 7) is 3.48. The van der Waals surface area contributed by atoms with Crippen molar-refractivity contribution >= 4 is 5.82 Å². The van der Waals surface area contributed by atoms with E-state index in [0.717, 1.165) is 37.0 Å². The zero-order valence-corrected chi connectivity index (χ0v) is 12.7. The maximum atomic E-state index is 4.51. The van der Waals surface area contributed by atoms with Crippen LogP contribution in [-0.4, -0.2) is 16.5 Å². The summed E-state index contributed by atoms with van der Waals surface area (Å²) in [7, 11) is 0. The first-order chi connectivity index (χ1) is 9.83. The molecule has 110 valence electrons. The lowest BCUT2D eigenvalue weighted by molar-refractivity contribution is 0.300. The van der Waals surface area contributed by atoms with Crippen LogP contribution in [0, 0.1) is 11.8 Å². The molecule has 0 bridgehead atoms. The van der Waals surface area contributed by atoms with E-state index in [4.69, 9.17) is 0 Å². The van der Waals surface area contributed by atoms with E-state index in [1.54, 1.807) is 6.33 Å². The molecule has 1 heterocycles. The van der Waals surface area contributed by atoms with Gasteiger partial charge in [0.15, 0.2) is 0 Å². The van der Waals surface area contributed by atoms with Crippen molar-refractivity contribution < 1.29 is 0 Å². The minimum atomic E-state index is 0.836. The van der Waals surface area contributed by atoms with E-state index in [2.05, 4.69) is 22.2 Å². The van der Waals surface area contributed by atoms with E-state index >= 15 is 0 Å². The van der Waals surface area contributed by atoms with Crippen LogP contribution in [0.4, 0.5) is 5.82 Å². The third-order valence-corrected chi connectivity index (χ3v) is 5.07. The summed E-state index contributed by atoms with van der Waals surface area (Å²) in [6, 6.07) is 0. The van der Waals surface area contributed by atoms with Gasteiger partial charge in [-0.2, -0.15) is 0 Å². The molecular weight excluding hydrogens is 246 g/mol. The second-order valence-corrected chi connectivity index (χ2v) is 6.71. The quantitative estimate of drug-likeness (QED) is 0.846. The Hall–Kier alpha value is -1.12. The fourth-order valence-electron chi connectivity index (χ4n) is 3.62. The molecule has 0 radical (unpaired) electrons. The number of hydrogen-bond acceptors (Lipinski definition) is 3. The van der Waals surface area contributed by atoms with Crippen LogP contribution in [0.5, 0.6) is 0 Å². The molecule has 0 atom stereocenters. The molecule has 0 saturated heterocycles. The molecule has 2 aliphatic carbocycles. The molecule has 1 aromatic heterocycles. The summed E-state index contributed by atoms with van der Waals surface area (Å²) in [4.78, 5) is 9.00. The summed E-state index contributed by atoms with van der Waals surface area (Å²) in [5.74, 6) is 2.89. The van der Waals surface area contributed by atoms with Crippen molar-refractivity contribution in [3.05, 3.63) is 17.6 Å². The summed E-state index contributed by atoms with van der Waals surface area (Å²) in [5, 5.41) is 3.63. The molecule has 1 saturated carbocycles. The van der Waals surface area contributed by atoms with Crippen LogP contribution in [0.3, 0.4) is 0 Å². The Morgan fingerprint density at radius 3 is 2.70 bits per heavy atom. The van der Waals surface area contributed by atoms with Crippen molar-refractivity contribution in [3.8, 4) is 0 Å². The number of hydrogen-bond donors (Lipinski definition) is 1. The second-order valence-electron chi connectivity index (χ2n) is 6.71. The molecule has 0 aliphatic heterocycles. The largest absolute Gasteiger partial charge is 0.369 e. The Morgan fingerprint density at radius 2 is 1.85 bits per heavy atom. The maximum Gasteiger partial charge on any atom is 0.132 e. The average Bonchev–Trinajstić information content (AvgIpc) is 2.72. The number of aromatic nitrogens is 2. The van der Waals surface area contributed by atoms with Gasteiger partial charge in [-0.05, 0) is 50.4 Å². The van der Waals surface area contributed by atoms with E-state index in [1.165, 1.54) is 56.2 Å². The highest BCUT2D eigenvalue weighted by molar-refractivity contribution is 5.46. The van der Waals surface area contributed by atoms with Gasteiger partial charge in [-0.25, -0.2) is 9.97 Å². The van der Waals surface area contributed by atoms with E-state index in [0.29, 0.717) is 0 Å². The standard InChI is InChI=1S/C17H27N3/c1-13-7-9-14(10-8-13)11-18-17-15-5-3-2-4-6-16(15)19-12-20-17/h12-14H,2-11H2,1H3,(H,18,19,20). The molecule has 0 unspecified atom stereocenters. The highest BCUT2D eigenvalue weighted by Gasteiger charge is 2.19. The lowest BCUT2D eigenvalue weighted by Gasteiger charge is -2.26. The number of nitrogens with zero attached hydrogens (tertiary/aromatic N) is 2. The van der Waals surface area contributed by atoms with E-state index in [-0.39, 0.29) is 0 Å². The van der Waals surface area contributed by atoms with Gasteiger partial charge in [-0.3, -0.25) is 0 Å². The molecule has 3 nitrogen and oxygen atoms in total. The molecule has 0 spiro atoms. The van der Waals surface area contributed by atoms with Crippen molar-refractivity contribution in [3.63, 3.8) is 0 Å². The monoisotopic (exact) mass is 273 g/mol. The predicted molar refractivity (Wildman–Crippen MR) is 82.9 cm³/mol. The third kappa shape index (κ3) is 3.31. The summed E-state index contributed by atoms with van der Waals surface area (Å²) in [6.07, 6.45) is 13.5. The molecule has 20 heavy (non-hydrogen) atoms. The minimum Gasteiger partial charge on any atom is -0.369 e. The number of rotatable bonds is 3. The molecule has 3 heteroatoms. The van der Waals surface area contributed by atoms with Gasteiger partial charge in [0.25, 0.3) is 0 Å². The first-order valence-corrected chi connectivity index (χ1v) is 8.39. The van der Waals surface area contributed by atoms with Crippen LogP contribution in [0.1, 0.15) is 63.1 Å². The highest BCUT2D eigenvalue weighted by Crippen LogP contribution is 2.29. The molecule has 3 rings (SSSR count). The Kier molecular flexibility index (Phi) is 4.54. The van der Waals surface area contributed by atoms with Crippen molar-refractivity contribution in [2.45, 2.75) is 64.7 Å². The molecule has 0 aromatic carbocycles. The van der Waals surface area contributed by atoms with Gasteiger partial charge in [-0.1, -0.05) is 26.2 Å². The van der Waals surface area contributed by atoms with Crippen LogP contribution < -0.4 is 5.32 Å². The zero-order valence-electron chi connectivity index (χ0n) is 12.7. The molecule has 2 aliphatic rings. The van der Waals surface area contributed by atoms with Crippen LogP contribution in [-0.2, 0) is 12.8 Å². The highest BCUT2D eigenvalue weighted by atomic mass is 15.0. The first-order valence-electron chi connectivity index (χ1n) is 8.39. The molecule has 1 aromatic rings. The van der Waals surface area contributed by atoms with Gasteiger partial charge < -0.3 is 5.32 Å². The molecule has 1 N–H and O–H groups in total. The third-order valence-electron chi connectivity index (χ3n) is 5.07. The van der Waals surface area contributed by atoms with Crippen molar-refractivity contribution in [1.29, 1.82) is 0 Å². The Morgan fingerprint density at radius 1 is 1.05 bits per heavy atom. The smallest absolute Gasteiger partial charge is 0.132 e. The van der Waals surface area contributed by atoms with Gasteiger partial charge >= 0.3 is 0 Å². The van der Waals surface area contributed by atoms with Gasteiger partial charge in [0, 0.05) is 17.8 Å². The topological polar surface area (TPSA) is 37.8 Å². The molecule has 0 amide bonds. The van der Waals surface area contributed by atoms with E-state index < -0.39 is 0 Å². The van der Waals surface area contributed by atoms with Crippen molar-refractivity contribution in [2.24, 2.45) is 11.8 Å². The van der Waals surface area contributed by atoms with Crippen LogP contribution in [0.25, 0.3) is 0 Å². The summed E-state index contributed by atoms with van der Waals surface area (Å²) in [5.41, 5.74) is 2.69. The summed E-state index contributed by atoms with van der Waals surface area (Å²) < 4.78 is 0. The zero-order chi connectivity index (χ0) is 13.8. The van der Waals surface area contributed by atoms with Gasteiger partial charge in [-0.15, -0.1) is 0 Å². The van der Waals surface area contributed by atoms with E-state index in [9.17, 15) is 0 Å². The average molecular weight is 273 g/mol. The van der Waals surface area contributed by atoms with Crippen LogP contribution in [0.2, 0.25) is 0 Å². The number of nitrogens with one attached hydrogen (secondary N) is 1. The van der Waals surface area contributed by atoms with Crippen LogP contribution in [0.15, 0.2) is 6.33 Å². The van der Waals surface area contributed by atoms with Gasteiger partial charge in [0.1, 0.15) is 12.1 Å². The Bertz CT molecular complexity index is 436. The fourth-order valence-corrected chi connectivity index (χ4v) is 3.62. The van der Waals surface area contributed by atoms with Crippen molar-refractivity contribution in [2.75, 3.05) is 11.9 Å². The normalized spacial score (nSPS) is 26.6. The Balaban J connectivity index is 1.62. The number of anilines is 1. The molecule has 1 fully saturated rings. The molecular formula is C17H27N3. The van der Waals surface area contributed by atoms with Crippen molar-refractivity contribution in [1.82, 2.24) is 9.97 Å². The Labute approximate surface area is 122 Å². The lowest BCUT2D eigenvalue weighted by atomic mass is 9.83. The summed E-state index contributed by atoms with van der Waals surface area (Å²) >= 11 is 0. The SMILES string of the molecule is CC1CCC(CNc2ncnc3c2CCCCC3)CC1. The van der Waals surface area contributed by atoms with E-state index in [1.807, 2.05) is 0 Å². The predicted octanol–water partition coefficient (Wildman–Crippen LogP) is 3.98. The van der Waals surface area contributed by atoms with Gasteiger partial charge in [0.2, 0.25) is 0 Å². The maximum absolute atomic E-state index is 4.51. The fraction of sp³-hybridized carbons (Fsp3) is 0.765. The lowest BCUT2D eigenvalue weighted by Crippen LogP contribution is -2.21. The minimum absolute atomic E-state index is 0.836.